The van der Waals surface area contributed by atoms with E-state index in [9.17, 15) is 13.2 Å². The highest BCUT2D eigenvalue weighted by atomic mass is 35.5. The summed E-state index contributed by atoms with van der Waals surface area (Å²) in [6.07, 6.45) is -3.28. The molecule has 0 aliphatic rings. The summed E-state index contributed by atoms with van der Waals surface area (Å²) in [4.78, 5) is 0. The molecule has 0 amide bonds. The molecule has 0 aliphatic carbocycles. The number of alkyl halides is 3. The summed E-state index contributed by atoms with van der Waals surface area (Å²) in [5.41, 5.74) is 4.80. The summed E-state index contributed by atoms with van der Waals surface area (Å²) < 4.78 is 40.0. The zero-order valence-electron chi connectivity index (χ0n) is 5.84. The zero-order chi connectivity index (χ0) is 8.48. The second kappa shape index (κ2) is 3.82. The van der Waals surface area contributed by atoms with Crippen LogP contribution in [0.25, 0.3) is 0 Å². The highest BCUT2D eigenvalue weighted by Crippen LogP contribution is 2.30. The van der Waals surface area contributed by atoms with Gasteiger partial charge in [0, 0.05) is 0 Å². The minimum atomic E-state index is -4.43. The van der Waals surface area contributed by atoms with Gasteiger partial charge in [-0.25, -0.2) is 0 Å². The maximum absolute atomic E-state index is 11.8. The van der Waals surface area contributed by atoms with Crippen LogP contribution in [0.4, 0.5) is 13.2 Å². The first-order chi connectivity index (χ1) is 5.02. The molecular formula is C6H7ClF3NO. The van der Waals surface area contributed by atoms with Crippen molar-refractivity contribution in [3.8, 4) is 0 Å². The van der Waals surface area contributed by atoms with Gasteiger partial charge in [-0.3, -0.25) is 0 Å². The molecule has 0 saturated carbocycles. The van der Waals surface area contributed by atoms with Crippen molar-refractivity contribution in [2.75, 3.05) is 0 Å². The van der Waals surface area contributed by atoms with Gasteiger partial charge in [-0.2, -0.15) is 13.2 Å². The summed E-state index contributed by atoms with van der Waals surface area (Å²) >= 11 is 0. The molecule has 0 saturated heterocycles. The first-order valence-electron chi connectivity index (χ1n) is 2.87. The van der Waals surface area contributed by atoms with E-state index in [1.165, 1.54) is 12.1 Å². The lowest BCUT2D eigenvalue weighted by atomic mass is 10.2. The third-order valence-corrected chi connectivity index (χ3v) is 1.20. The van der Waals surface area contributed by atoms with Gasteiger partial charge in [0.1, 0.15) is 5.76 Å². The minimum absolute atomic E-state index is 0. The van der Waals surface area contributed by atoms with Gasteiger partial charge in [-0.15, -0.1) is 12.4 Å². The molecule has 0 spiro atoms. The number of hydrogen-bond acceptors (Lipinski definition) is 2. The van der Waals surface area contributed by atoms with E-state index in [4.69, 9.17) is 5.73 Å². The van der Waals surface area contributed by atoms with Crippen molar-refractivity contribution in [1.29, 1.82) is 0 Å². The molecule has 70 valence electrons. The molecule has 2 N–H and O–H groups in total. The van der Waals surface area contributed by atoms with Crippen molar-refractivity contribution in [3.05, 3.63) is 24.2 Å². The van der Waals surface area contributed by atoms with E-state index >= 15 is 0 Å². The van der Waals surface area contributed by atoms with Crippen molar-refractivity contribution in [2.24, 2.45) is 5.73 Å². The number of furan rings is 1. The summed E-state index contributed by atoms with van der Waals surface area (Å²) in [6, 6.07) is 0.538. The van der Waals surface area contributed by atoms with Crippen molar-refractivity contribution in [3.63, 3.8) is 0 Å². The van der Waals surface area contributed by atoms with Gasteiger partial charge in [0.15, 0.2) is 6.04 Å². The van der Waals surface area contributed by atoms with Gasteiger partial charge in [0.05, 0.1) is 6.26 Å². The Labute approximate surface area is 72.9 Å². The fourth-order valence-corrected chi connectivity index (χ4v) is 0.630. The second-order valence-corrected chi connectivity index (χ2v) is 2.03. The van der Waals surface area contributed by atoms with E-state index in [1.807, 2.05) is 0 Å². The topological polar surface area (TPSA) is 39.2 Å². The van der Waals surface area contributed by atoms with Gasteiger partial charge in [0.25, 0.3) is 0 Å². The average molecular weight is 202 g/mol. The molecular weight excluding hydrogens is 195 g/mol. The fraction of sp³-hybridized carbons (Fsp3) is 0.333. The molecule has 1 aromatic rings. The Hall–Kier alpha value is -0.680. The normalized spacial score (nSPS) is 13.7. The lowest BCUT2D eigenvalue weighted by Gasteiger charge is -2.11. The van der Waals surface area contributed by atoms with Crippen LogP contribution >= 0.6 is 12.4 Å². The number of hydrogen-bond donors (Lipinski definition) is 1. The molecule has 0 aromatic carbocycles. The van der Waals surface area contributed by atoms with Gasteiger partial charge in [-0.1, -0.05) is 0 Å². The lowest BCUT2D eigenvalue weighted by Crippen LogP contribution is -2.27. The Morgan fingerprint density at radius 1 is 1.42 bits per heavy atom. The Morgan fingerprint density at radius 3 is 2.33 bits per heavy atom. The van der Waals surface area contributed by atoms with E-state index in [-0.39, 0.29) is 18.2 Å². The van der Waals surface area contributed by atoms with Crippen LogP contribution < -0.4 is 5.73 Å². The van der Waals surface area contributed by atoms with Crippen molar-refractivity contribution in [2.45, 2.75) is 12.2 Å². The quantitative estimate of drug-likeness (QED) is 0.757. The van der Waals surface area contributed by atoms with E-state index in [1.54, 1.807) is 0 Å². The highest BCUT2D eigenvalue weighted by molar-refractivity contribution is 5.85. The van der Waals surface area contributed by atoms with Crippen molar-refractivity contribution >= 4 is 12.4 Å². The standard InChI is InChI=1S/C6H6F3NO.ClH/c7-6(8,9)5(10)4-2-1-3-11-4;/h1-3,5H,10H2;1H/t5-;/m0./s1. The molecule has 1 rings (SSSR count). The second-order valence-electron chi connectivity index (χ2n) is 2.03. The molecule has 1 heterocycles. The molecule has 6 heteroatoms. The van der Waals surface area contributed by atoms with E-state index < -0.39 is 12.2 Å². The van der Waals surface area contributed by atoms with Crippen LogP contribution in [-0.4, -0.2) is 6.18 Å². The van der Waals surface area contributed by atoms with Crippen molar-refractivity contribution < 1.29 is 17.6 Å². The minimum Gasteiger partial charge on any atom is -0.467 e. The van der Waals surface area contributed by atoms with Crippen LogP contribution in [0.3, 0.4) is 0 Å². The van der Waals surface area contributed by atoms with E-state index in [0.29, 0.717) is 0 Å². The molecule has 1 aromatic heterocycles. The lowest BCUT2D eigenvalue weighted by molar-refractivity contribution is -0.152. The van der Waals surface area contributed by atoms with Crippen molar-refractivity contribution in [1.82, 2.24) is 0 Å². The summed E-state index contributed by atoms with van der Waals surface area (Å²) in [5, 5.41) is 0. The van der Waals surface area contributed by atoms with Crippen LogP contribution in [0, 0.1) is 0 Å². The average Bonchev–Trinajstić information content (AvgIpc) is 2.34. The number of nitrogens with two attached hydrogens (primary N) is 1. The van der Waals surface area contributed by atoms with Crippen LogP contribution in [0.2, 0.25) is 0 Å². The molecule has 12 heavy (non-hydrogen) atoms. The third kappa shape index (κ3) is 2.42. The summed E-state index contributed by atoms with van der Waals surface area (Å²) in [7, 11) is 0. The van der Waals surface area contributed by atoms with Gasteiger partial charge >= 0.3 is 6.18 Å². The smallest absolute Gasteiger partial charge is 0.410 e. The molecule has 1 atom stereocenters. The zero-order valence-corrected chi connectivity index (χ0v) is 6.65. The molecule has 0 fully saturated rings. The Bertz CT molecular complexity index is 221. The maximum Gasteiger partial charge on any atom is 0.410 e. The number of halogens is 4. The summed E-state index contributed by atoms with van der Waals surface area (Å²) in [5.74, 6) is -0.266. The van der Waals surface area contributed by atoms with Gasteiger partial charge in [0.2, 0.25) is 0 Å². The first-order valence-corrected chi connectivity index (χ1v) is 2.87. The Balaban J connectivity index is 0.00000121. The SMILES string of the molecule is Cl.N[C@@H](c1ccco1)C(F)(F)F. The van der Waals surface area contributed by atoms with Crippen LogP contribution in [0.5, 0.6) is 0 Å². The summed E-state index contributed by atoms with van der Waals surface area (Å²) in [6.45, 7) is 0. The molecule has 0 aliphatic heterocycles. The highest BCUT2D eigenvalue weighted by Gasteiger charge is 2.39. The van der Waals surface area contributed by atoms with Crippen LogP contribution in [0.15, 0.2) is 22.8 Å². The Morgan fingerprint density at radius 2 is 2.00 bits per heavy atom. The largest absolute Gasteiger partial charge is 0.467 e. The Kier molecular flexibility index (Phi) is 3.60. The van der Waals surface area contributed by atoms with Gasteiger partial charge < -0.3 is 10.2 Å². The molecule has 0 bridgehead atoms. The fourth-order valence-electron chi connectivity index (χ4n) is 0.630. The van der Waals surface area contributed by atoms with Crippen LogP contribution in [0.1, 0.15) is 11.8 Å². The van der Waals surface area contributed by atoms with E-state index in [2.05, 4.69) is 4.42 Å². The number of rotatable bonds is 1. The third-order valence-electron chi connectivity index (χ3n) is 1.20. The maximum atomic E-state index is 11.8. The predicted octanol–water partition coefficient (Wildman–Crippen LogP) is 2.26. The predicted molar refractivity (Wildman–Crippen MR) is 38.9 cm³/mol. The van der Waals surface area contributed by atoms with E-state index in [0.717, 1.165) is 6.26 Å². The van der Waals surface area contributed by atoms with Gasteiger partial charge in [-0.05, 0) is 12.1 Å². The van der Waals surface area contributed by atoms with Crippen LogP contribution in [-0.2, 0) is 0 Å². The first kappa shape index (κ1) is 11.3. The monoisotopic (exact) mass is 201 g/mol. The molecule has 2 nitrogen and oxygen atoms in total. The molecule has 0 unspecified atom stereocenters. The molecule has 0 radical (unpaired) electrons.